The average Bonchev–Trinajstić information content (AvgIpc) is 3.59. The first kappa shape index (κ1) is 19.4. The monoisotopic (exact) mass is 425 g/mol. The van der Waals surface area contributed by atoms with E-state index in [1.54, 1.807) is 0 Å². The zero-order chi connectivity index (χ0) is 21.5. The third-order valence-electron chi connectivity index (χ3n) is 6.76. The van der Waals surface area contributed by atoms with Gasteiger partial charge >= 0.3 is 0 Å². The number of nitrogens with zero attached hydrogens (tertiary/aromatic N) is 6. The van der Waals surface area contributed by atoms with E-state index in [2.05, 4.69) is 31.0 Å². The molecule has 4 aromatic rings. The van der Waals surface area contributed by atoms with E-state index in [1.807, 2.05) is 49.6 Å². The Kier molecular flexibility index (Phi) is 4.83. The van der Waals surface area contributed by atoms with Crippen molar-refractivity contribution in [1.29, 1.82) is 0 Å². The highest BCUT2D eigenvalue weighted by molar-refractivity contribution is 5.84. The number of likely N-dealkylation sites (tertiary alicyclic amines) is 1. The molecule has 1 N–H and O–H groups in total. The molecule has 0 radical (unpaired) electrons. The summed E-state index contributed by atoms with van der Waals surface area (Å²) in [5.41, 5.74) is 7.44. The van der Waals surface area contributed by atoms with Crippen LogP contribution in [0.4, 0.5) is 5.69 Å². The van der Waals surface area contributed by atoms with Gasteiger partial charge in [0.15, 0.2) is 0 Å². The predicted octanol–water partition coefficient (Wildman–Crippen LogP) is 4.06. The Morgan fingerprint density at radius 3 is 2.75 bits per heavy atom. The molecule has 0 saturated carbocycles. The molecule has 0 spiro atoms. The SMILES string of the molecule is Cc1cccc(-c2n[nH]cc2-c2ccc3ncc(N4CCC(N5CCCC5)C4)cc3n2)n1. The van der Waals surface area contributed by atoms with Crippen molar-refractivity contribution >= 4 is 16.7 Å². The molecule has 7 heteroatoms. The summed E-state index contributed by atoms with van der Waals surface area (Å²) >= 11 is 0. The van der Waals surface area contributed by atoms with Crippen molar-refractivity contribution in [1.82, 2.24) is 30.0 Å². The highest BCUT2D eigenvalue weighted by Crippen LogP contribution is 2.31. The van der Waals surface area contributed by atoms with Crippen molar-refractivity contribution < 1.29 is 0 Å². The van der Waals surface area contributed by atoms with Gasteiger partial charge in [-0.05, 0) is 69.6 Å². The maximum atomic E-state index is 4.97. The summed E-state index contributed by atoms with van der Waals surface area (Å²) in [6.07, 6.45) is 7.80. The van der Waals surface area contributed by atoms with Crippen LogP contribution >= 0.6 is 0 Å². The third kappa shape index (κ3) is 3.52. The lowest BCUT2D eigenvalue weighted by Gasteiger charge is -2.24. The number of rotatable bonds is 4. The Labute approximate surface area is 187 Å². The normalized spacial score (nSPS) is 19.3. The lowest BCUT2D eigenvalue weighted by molar-refractivity contribution is 0.260. The van der Waals surface area contributed by atoms with Gasteiger partial charge in [0.2, 0.25) is 0 Å². The zero-order valence-corrected chi connectivity index (χ0v) is 18.3. The second-order valence-corrected chi connectivity index (χ2v) is 8.87. The highest BCUT2D eigenvalue weighted by atomic mass is 15.3. The average molecular weight is 426 g/mol. The van der Waals surface area contributed by atoms with Crippen LogP contribution < -0.4 is 4.90 Å². The molecule has 0 aromatic carbocycles. The first-order chi connectivity index (χ1) is 15.7. The molecule has 1 unspecified atom stereocenters. The van der Waals surface area contributed by atoms with E-state index in [-0.39, 0.29) is 0 Å². The van der Waals surface area contributed by atoms with Crippen LogP contribution in [0.1, 0.15) is 25.0 Å². The van der Waals surface area contributed by atoms with E-state index in [1.165, 1.54) is 32.4 Å². The van der Waals surface area contributed by atoms with Gasteiger partial charge in [0.25, 0.3) is 0 Å². The third-order valence-corrected chi connectivity index (χ3v) is 6.76. The molecular formula is C25H27N7. The molecule has 0 amide bonds. The van der Waals surface area contributed by atoms with Crippen molar-refractivity contribution in [3.63, 3.8) is 0 Å². The van der Waals surface area contributed by atoms with Crippen LogP contribution in [0.3, 0.4) is 0 Å². The first-order valence-electron chi connectivity index (χ1n) is 11.5. The topological polar surface area (TPSA) is 73.8 Å². The van der Waals surface area contributed by atoms with Gasteiger partial charge < -0.3 is 4.90 Å². The quantitative estimate of drug-likeness (QED) is 0.531. The minimum atomic E-state index is 0.669. The summed E-state index contributed by atoms with van der Waals surface area (Å²) in [6.45, 7) is 6.66. The largest absolute Gasteiger partial charge is 0.369 e. The van der Waals surface area contributed by atoms with Gasteiger partial charge in [0, 0.05) is 36.6 Å². The van der Waals surface area contributed by atoms with Gasteiger partial charge in [0.1, 0.15) is 5.69 Å². The molecule has 6 rings (SSSR count). The van der Waals surface area contributed by atoms with Crippen LogP contribution in [-0.2, 0) is 0 Å². The number of anilines is 1. The van der Waals surface area contributed by atoms with Crippen LogP contribution in [0.15, 0.2) is 48.8 Å². The number of aromatic amines is 1. The molecule has 1 atom stereocenters. The summed E-state index contributed by atoms with van der Waals surface area (Å²) in [5.74, 6) is 0. The lowest BCUT2D eigenvalue weighted by Crippen LogP contribution is -2.35. The molecule has 0 aliphatic carbocycles. The summed E-state index contributed by atoms with van der Waals surface area (Å²) in [4.78, 5) is 19.4. The number of pyridine rings is 3. The van der Waals surface area contributed by atoms with Gasteiger partial charge in [-0.25, -0.2) is 4.98 Å². The van der Waals surface area contributed by atoms with Gasteiger partial charge in [-0.2, -0.15) is 5.10 Å². The highest BCUT2D eigenvalue weighted by Gasteiger charge is 2.29. The van der Waals surface area contributed by atoms with Crippen LogP contribution in [0.5, 0.6) is 0 Å². The van der Waals surface area contributed by atoms with Crippen LogP contribution in [-0.4, -0.2) is 62.3 Å². The minimum absolute atomic E-state index is 0.669. The van der Waals surface area contributed by atoms with E-state index < -0.39 is 0 Å². The van der Waals surface area contributed by atoms with Crippen LogP contribution in [0.2, 0.25) is 0 Å². The second kappa shape index (κ2) is 7.98. The lowest BCUT2D eigenvalue weighted by atomic mass is 10.1. The fourth-order valence-electron chi connectivity index (χ4n) is 5.06. The van der Waals surface area contributed by atoms with E-state index in [9.17, 15) is 0 Å². The van der Waals surface area contributed by atoms with Crippen molar-refractivity contribution in [2.45, 2.75) is 32.2 Å². The summed E-state index contributed by atoms with van der Waals surface area (Å²) in [5, 5.41) is 7.45. The van der Waals surface area contributed by atoms with Crippen LogP contribution in [0, 0.1) is 6.92 Å². The Bertz CT molecular complexity index is 1260. The molecule has 6 heterocycles. The molecule has 4 aromatic heterocycles. The zero-order valence-electron chi connectivity index (χ0n) is 18.3. The van der Waals surface area contributed by atoms with E-state index in [4.69, 9.17) is 9.97 Å². The second-order valence-electron chi connectivity index (χ2n) is 8.87. The Morgan fingerprint density at radius 1 is 0.969 bits per heavy atom. The number of fused-ring (bicyclic) bond motifs is 1. The van der Waals surface area contributed by atoms with Crippen molar-refractivity contribution in [3.05, 3.63) is 54.5 Å². The van der Waals surface area contributed by atoms with E-state index in [0.717, 1.165) is 58.1 Å². The minimum Gasteiger partial charge on any atom is -0.369 e. The number of hydrogen-bond donors (Lipinski definition) is 1. The number of H-pyrrole nitrogens is 1. The molecule has 162 valence electrons. The molecule has 7 nitrogen and oxygen atoms in total. The van der Waals surface area contributed by atoms with Crippen molar-refractivity contribution in [3.8, 4) is 22.6 Å². The van der Waals surface area contributed by atoms with E-state index in [0.29, 0.717) is 6.04 Å². The van der Waals surface area contributed by atoms with Gasteiger partial charge in [-0.3, -0.25) is 20.0 Å². The Hall–Kier alpha value is -3.32. The Morgan fingerprint density at radius 2 is 1.88 bits per heavy atom. The predicted molar refractivity (Wildman–Crippen MR) is 127 cm³/mol. The van der Waals surface area contributed by atoms with Gasteiger partial charge in [0.05, 0.1) is 34.3 Å². The maximum absolute atomic E-state index is 4.97. The number of nitrogens with one attached hydrogen (secondary N) is 1. The molecule has 2 aliphatic rings. The standard InChI is InChI=1S/C25H27N7/c1-17-5-4-6-23(28-17)25-20(15-27-30-25)21-7-8-22-24(29-21)13-19(14-26-22)32-12-9-18(16-32)31-10-2-3-11-31/h4-8,13-15,18H,2-3,9-12,16H2,1H3,(H,27,30). The number of aromatic nitrogens is 5. The van der Waals surface area contributed by atoms with Crippen molar-refractivity contribution in [2.24, 2.45) is 0 Å². The smallest absolute Gasteiger partial charge is 0.120 e. The molecule has 2 aliphatic heterocycles. The van der Waals surface area contributed by atoms with Crippen molar-refractivity contribution in [2.75, 3.05) is 31.1 Å². The number of aryl methyl sites for hydroxylation is 1. The summed E-state index contributed by atoms with van der Waals surface area (Å²) < 4.78 is 0. The van der Waals surface area contributed by atoms with Crippen LogP contribution in [0.25, 0.3) is 33.7 Å². The molecule has 2 fully saturated rings. The molecule has 0 bridgehead atoms. The Balaban J connectivity index is 1.31. The fourth-order valence-corrected chi connectivity index (χ4v) is 5.06. The first-order valence-corrected chi connectivity index (χ1v) is 11.5. The molecule has 32 heavy (non-hydrogen) atoms. The fraction of sp³-hybridized carbons (Fsp3) is 0.360. The molecule has 2 saturated heterocycles. The van der Waals surface area contributed by atoms with E-state index >= 15 is 0 Å². The molecular weight excluding hydrogens is 398 g/mol. The van der Waals surface area contributed by atoms with Gasteiger partial charge in [-0.1, -0.05) is 6.07 Å². The van der Waals surface area contributed by atoms with Gasteiger partial charge in [-0.15, -0.1) is 0 Å². The summed E-state index contributed by atoms with van der Waals surface area (Å²) in [7, 11) is 0. The summed E-state index contributed by atoms with van der Waals surface area (Å²) in [6, 6.07) is 12.9. The number of hydrogen-bond acceptors (Lipinski definition) is 6. The maximum Gasteiger partial charge on any atom is 0.120 e.